The zero-order valence-corrected chi connectivity index (χ0v) is 9.83. The SMILES string of the molecule is CCC(C#N)(CC)Cc1cccc(C#N)c1. The van der Waals surface area contributed by atoms with Gasteiger partial charge in [0.25, 0.3) is 0 Å². The standard InChI is InChI=1S/C14H16N2/c1-3-14(4-2,11-16)9-12-6-5-7-13(8-12)10-15/h5-8H,3-4,9H2,1-2H3. The van der Waals surface area contributed by atoms with Gasteiger partial charge in [-0.15, -0.1) is 0 Å². The molecule has 0 spiro atoms. The van der Waals surface area contributed by atoms with Crippen LogP contribution in [0.25, 0.3) is 0 Å². The maximum Gasteiger partial charge on any atom is 0.0991 e. The maximum absolute atomic E-state index is 9.25. The Labute approximate surface area is 97.1 Å². The van der Waals surface area contributed by atoms with Gasteiger partial charge in [0.15, 0.2) is 0 Å². The van der Waals surface area contributed by atoms with Crippen molar-refractivity contribution in [3.05, 3.63) is 35.4 Å². The second-order valence-electron chi connectivity index (χ2n) is 4.09. The Morgan fingerprint density at radius 2 is 1.88 bits per heavy atom. The first-order chi connectivity index (χ1) is 7.69. The summed E-state index contributed by atoms with van der Waals surface area (Å²) in [5.41, 5.74) is 1.45. The zero-order chi connectivity index (χ0) is 12.0. The molecule has 0 unspecified atom stereocenters. The number of rotatable bonds is 4. The van der Waals surface area contributed by atoms with Crippen LogP contribution in [0.15, 0.2) is 24.3 Å². The predicted octanol–water partition coefficient (Wildman–Crippen LogP) is 3.43. The molecule has 16 heavy (non-hydrogen) atoms. The molecule has 0 aliphatic heterocycles. The van der Waals surface area contributed by atoms with Gasteiger partial charge in [-0.1, -0.05) is 26.0 Å². The molecule has 0 saturated carbocycles. The van der Waals surface area contributed by atoms with Gasteiger partial charge >= 0.3 is 0 Å². The van der Waals surface area contributed by atoms with Gasteiger partial charge < -0.3 is 0 Å². The fraction of sp³-hybridized carbons (Fsp3) is 0.429. The van der Waals surface area contributed by atoms with Crippen LogP contribution < -0.4 is 0 Å². The number of benzene rings is 1. The zero-order valence-electron chi connectivity index (χ0n) is 9.83. The van der Waals surface area contributed by atoms with E-state index in [0.29, 0.717) is 5.56 Å². The third kappa shape index (κ3) is 2.61. The van der Waals surface area contributed by atoms with E-state index in [1.165, 1.54) is 0 Å². The molecule has 0 heterocycles. The summed E-state index contributed by atoms with van der Waals surface area (Å²) in [5.74, 6) is 0. The molecule has 0 saturated heterocycles. The van der Waals surface area contributed by atoms with Crippen LogP contribution in [-0.4, -0.2) is 0 Å². The normalized spacial score (nSPS) is 10.5. The smallest absolute Gasteiger partial charge is 0.0991 e. The second-order valence-corrected chi connectivity index (χ2v) is 4.09. The van der Waals surface area contributed by atoms with E-state index in [0.717, 1.165) is 24.8 Å². The van der Waals surface area contributed by atoms with Crippen LogP contribution in [-0.2, 0) is 6.42 Å². The van der Waals surface area contributed by atoms with Crippen LogP contribution in [0, 0.1) is 28.1 Å². The lowest BCUT2D eigenvalue weighted by Crippen LogP contribution is -2.19. The van der Waals surface area contributed by atoms with Crippen molar-refractivity contribution >= 4 is 0 Å². The second kappa shape index (κ2) is 5.33. The number of hydrogen-bond acceptors (Lipinski definition) is 2. The summed E-state index contributed by atoms with van der Waals surface area (Å²) in [6.07, 6.45) is 2.42. The highest BCUT2D eigenvalue weighted by Crippen LogP contribution is 2.30. The van der Waals surface area contributed by atoms with Gasteiger partial charge in [-0.2, -0.15) is 10.5 Å². The summed E-state index contributed by atoms with van der Waals surface area (Å²) in [6.45, 7) is 4.09. The third-order valence-corrected chi connectivity index (χ3v) is 3.19. The minimum absolute atomic E-state index is 0.284. The molecule has 0 atom stereocenters. The van der Waals surface area contributed by atoms with Crippen LogP contribution >= 0.6 is 0 Å². The summed E-state index contributed by atoms with van der Waals surface area (Å²) in [6, 6.07) is 12.1. The summed E-state index contributed by atoms with van der Waals surface area (Å²) in [5, 5.41) is 18.1. The van der Waals surface area contributed by atoms with Crippen molar-refractivity contribution in [1.29, 1.82) is 10.5 Å². The molecule has 0 bridgehead atoms. The van der Waals surface area contributed by atoms with E-state index in [9.17, 15) is 5.26 Å². The Bertz CT molecular complexity index is 431. The molecular formula is C14H16N2. The van der Waals surface area contributed by atoms with E-state index < -0.39 is 0 Å². The van der Waals surface area contributed by atoms with E-state index in [-0.39, 0.29) is 5.41 Å². The largest absolute Gasteiger partial charge is 0.198 e. The number of hydrogen-bond donors (Lipinski definition) is 0. The summed E-state index contributed by atoms with van der Waals surface area (Å²) in [4.78, 5) is 0. The van der Waals surface area contributed by atoms with Crippen LogP contribution in [0.4, 0.5) is 0 Å². The Hall–Kier alpha value is -1.80. The summed E-state index contributed by atoms with van der Waals surface area (Å²) >= 11 is 0. The summed E-state index contributed by atoms with van der Waals surface area (Å²) in [7, 11) is 0. The molecule has 0 fully saturated rings. The number of nitriles is 2. The first-order valence-corrected chi connectivity index (χ1v) is 5.60. The molecule has 1 rings (SSSR count). The lowest BCUT2D eigenvalue weighted by Gasteiger charge is -2.23. The third-order valence-electron chi connectivity index (χ3n) is 3.19. The molecule has 0 N–H and O–H groups in total. The highest BCUT2D eigenvalue weighted by atomic mass is 14.4. The van der Waals surface area contributed by atoms with E-state index in [4.69, 9.17) is 5.26 Å². The van der Waals surface area contributed by atoms with Gasteiger partial charge in [0.2, 0.25) is 0 Å². The van der Waals surface area contributed by atoms with Crippen molar-refractivity contribution in [1.82, 2.24) is 0 Å². The molecule has 0 aromatic heterocycles. The van der Waals surface area contributed by atoms with Gasteiger partial charge in [-0.3, -0.25) is 0 Å². The fourth-order valence-electron chi connectivity index (χ4n) is 1.84. The molecule has 0 amide bonds. The van der Waals surface area contributed by atoms with Crippen molar-refractivity contribution < 1.29 is 0 Å². The van der Waals surface area contributed by atoms with Gasteiger partial charge in [0, 0.05) is 0 Å². The van der Waals surface area contributed by atoms with Crippen LogP contribution in [0.3, 0.4) is 0 Å². The summed E-state index contributed by atoms with van der Waals surface area (Å²) < 4.78 is 0. The minimum Gasteiger partial charge on any atom is -0.198 e. The van der Waals surface area contributed by atoms with Crippen molar-refractivity contribution in [2.24, 2.45) is 5.41 Å². The average molecular weight is 212 g/mol. The lowest BCUT2D eigenvalue weighted by atomic mass is 9.78. The van der Waals surface area contributed by atoms with E-state index >= 15 is 0 Å². The first-order valence-electron chi connectivity index (χ1n) is 5.60. The molecule has 1 aromatic carbocycles. The van der Waals surface area contributed by atoms with Crippen molar-refractivity contribution in [2.45, 2.75) is 33.1 Å². The molecule has 0 aliphatic rings. The quantitative estimate of drug-likeness (QED) is 0.767. The maximum atomic E-state index is 9.25. The Morgan fingerprint density at radius 1 is 1.19 bits per heavy atom. The Kier molecular flexibility index (Phi) is 4.09. The Morgan fingerprint density at radius 3 is 2.38 bits per heavy atom. The molecule has 0 radical (unpaired) electrons. The van der Waals surface area contributed by atoms with E-state index in [1.807, 2.05) is 32.0 Å². The molecule has 0 aliphatic carbocycles. The average Bonchev–Trinajstić information content (AvgIpc) is 2.36. The Balaban J connectivity index is 2.95. The van der Waals surface area contributed by atoms with Crippen LogP contribution in [0.2, 0.25) is 0 Å². The van der Waals surface area contributed by atoms with Crippen molar-refractivity contribution in [3.8, 4) is 12.1 Å². The van der Waals surface area contributed by atoms with Gasteiger partial charge in [0.1, 0.15) is 0 Å². The van der Waals surface area contributed by atoms with Crippen LogP contribution in [0.1, 0.15) is 37.8 Å². The minimum atomic E-state index is -0.284. The molecule has 1 aromatic rings. The molecular weight excluding hydrogens is 196 g/mol. The predicted molar refractivity (Wildman–Crippen MR) is 63.5 cm³/mol. The fourth-order valence-corrected chi connectivity index (χ4v) is 1.84. The van der Waals surface area contributed by atoms with E-state index in [1.54, 1.807) is 6.07 Å². The lowest BCUT2D eigenvalue weighted by molar-refractivity contribution is 0.363. The van der Waals surface area contributed by atoms with Gasteiger partial charge in [-0.05, 0) is 37.0 Å². The highest BCUT2D eigenvalue weighted by molar-refractivity contribution is 5.33. The van der Waals surface area contributed by atoms with Gasteiger partial charge in [-0.25, -0.2) is 0 Å². The molecule has 2 heteroatoms. The van der Waals surface area contributed by atoms with Crippen molar-refractivity contribution in [2.75, 3.05) is 0 Å². The monoisotopic (exact) mass is 212 g/mol. The van der Waals surface area contributed by atoms with Crippen molar-refractivity contribution in [3.63, 3.8) is 0 Å². The first kappa shape index (κ1) is 12.3. The number of nitrogens with zero attached hydrogens (tertiary/aromatic N) is 2. The highest BCUT2D eigenvalue weighted by Gasteiger charge is 2.25. The van der Waals surface area contributed by atoms with E-state index in [2.05, 4.69) is 12.1 Å². The van der Waals surface area contributed by atoms with Gasteiger partial charge in [0.05, 0.1) is 23.1 Å². The molecule has 2 nitrogen and oxygen atoms in total. The topological polar surface area (TPSA) is 47.6 Å². The van der Waals surface area contributed by atoms with Crippen LogP contribution in [0.5, 0.6) is 0 Å². The molecule has 82 valence electrons.